The van der Waals surface area contributed by atoms with Crippen molar-refractivity contribution < 1.29 is 4.57 Å². The van der Waals surface area contributed by atoms with Gasteiger partial charge in [0.15, 0.2) is 0 Å². The quantitative estimate of drug-likeness (QED) is 0.383. The molecule has 2 N–H and O–H groups in total. The molecule has 12 heavy (non-hydrogen) atoms. The largest absolute Gasteiger partial charge is 0.398 e. The molecule has 1 rings (SSSR count). The summed E-state index contributed by atoms with van der Waals surface area (Å²) in [6.45, 7) is 3.36. The number of hydrogen-bond donors (Lipinski definition) is 1. The van der Waals surface area contributed by atoms with Crippen LogP contribution >= 0.6 is 7.14 Å². The van der Waals surface area contributed by atoms with Gasteiger partial charge >= 0.3 is 0 Å². The molecule has 2 radical (unpaired) electrons. The molecule has 0 bridgehead atoms. The molecule has 0 aliphatic heterocycles. The fourth-order valence-corrected chi connectivity index (χ4v) is 2.18. The molecule has 0 amide bonds. The molecule has 1 aromatic rings. The summed E-state index contributed by atoms with van der Waals surface area (Å²) in [7, 11) is 3.26. The van der Waals surface area contributed by atoms with Crippen LogP contribution in [-0.4, -0.2) is 21.2 Å². The lowest BCUT2D eigenvalue weighted by Crippen LogP contribution is -2.16. The van der Waals surface area contributed by atoms with Gasteiger partial charge in [-0.25, -0.2) is 0 Å². The van der Waals surface area contributed by atoms with Crippen LogP contribution in [0.25, 0.3) is 0 Å². The number of anilines is 1. The first-order chi connectivity index (χ1) is 5.41. The van der Waals surface area contributed by atoms with Crippen LogP contribution in [0.15, 0.2) is 18.2 Å². The SMILES string of the molecule is [B]c1ccc(N)c(P(C)(C)=O)c1. The van der Waals surface area contributed by atoms with E-state index >= 15 is 0 Å². The van der Waals surface area contributed by atoms with Crippen LogP contribution in [0.5, 0.6) is 0 Å². The fraction of sp³-hybridized carbons (Fsp3) is 0.250. The Hall–Kier alpha value is -0.685. The molecule has 0 aliphatic carbocycles. The lowest BCUT2D eigenvalue weighted by Gasteiger charge is -2.10. The zero-order valence-electron chi connectivity index (χ0n) is 7.24. The Morgan fingerprint density at radius 2 is 2.00 bits per heavy atom. The number of nitrogens with two attached hydrogens (primary N) is 1. The lowest BCUT2D eigenvalue weighted by molar-refractivity contribution is 0.588. The first kappa shape index (κ1) is 9.40. The highest BCUT2D eigenvalue weighted by Crippen LogP contribution is 2.36. The Balaban J connectivity index is 3.33. The number of hydrogen-bond acceptors (Lipinski definition) is 2. The smallest absolute Gasteiger partial charge is 0.113 e. The maximum atomic E-state index is 11.7. The van der Waals surface area contributed by atoms with Gasteiger partial charge in [0, 0.05) is 11.0 Å². The molecule has 0 aromatic heterocycles. The van der Waals surface area contributed by atoms with Gasteiger partial charge in [-0.1, -0.05) is 17.6 Å². The van der Waals surface area contributed by atoms with Gasteiger partial charge in [0.1, 0.15) is 15.0 Å². The van der Waals surface area contributed by atoms with Crippen LogP contribution in [0.4, 0.5) is 5.69 Å². The molecule has 62 valence electrons. The first-order valence-electron chi connectivity index (χ1n) is 3.62. The molecule has 0 fully saturated rings. The summed E-state index contributed by atoms with van der Waals surface area (Å²) in [4.78, 5) is 0. The van der Waals surface area contributed by atoms with Crippen LogP contribution in [0.3, 0.4) is 0 Å². The highest BCUT2D eigenvalue weighted by molar-refractivity contribution is 7.70. The second-order valence-electron chi connectivity index (χ2n) is 3.17. The molecule has 0 atom stereocenters. The fourth-order valence-electron chi connectivity index (χ4n) is 1.03. The molecule has 0 heterocycles. The van der Waals surface area contributed by atoms with E-state index in [0.29, 0.717) is 16.5 Å². The number of nitrogen functional groups attached to an aromatic ring is 1. The monoisotopic (exact) mass is 179 g/mol. The topological polar surface area (TPSA) is 43.1 Å². The van der Waals surface area contributed by atoms with Crippen molar-refractivity contribution in [2.24, 2.45) is 0 Å². The molecule has 1 aromatic carbocycles. The Morgan fingerprint density at radius 1 is 1.42 bits per heavy atom. The van der Waals surface area contributed by atoms with Crippen LogP contribution in [0, 0.1) is 0 Å². The van der Waals surface area contributed by atoms with Gasteiger partial charge in [-0.15, -0.1) is 0 Å². The van der Waals surface area contributed by atoms with Crippen molar-refractivity contribution in [2.75, 3.05) is 19.1 Å². The summed E-state index contributed by atoms with van der Waals surface area (Å²) < 4.78 is 11.7. The van der Waals surface area contributed by atoms with E-state index in [2.05, 4.69) is 0 Å². The van der Waals surface area contributed by atoms with Crippen molar-refractivity contribution in [1.82, 2.24) is 0 Å². The van der Waals surface area contributed by atoms with E-state index < -0.39 is 7.14 Å². The highest BCUT2D eigenvalue weighted by atomic mass is 31.2. The predicted octanol–water partition coefficient (Wildman–Crippen LogP) is 0.311. The Labute approximate surface area is 73.9 Å². The summed E-state index contributed by atoms with van der Waals surface area (Å²) in [6, 6.07) is 5.06. The molecule has 0 spiro atoms. The summed E-state index contributed by atoms with van der Waals surface area (Å²) in [6.07, 6.45) is 0. The minimum atomic E-state index is -2.29. The Morgan fingerprint density at radius 3 is 2.42 bits per heavy atom. The van der Waals surface area contributed by atoms with Crippen LogP contribution < -0.4 is 16.5 Å². The van der Waals surface area contributed by atoms with Crippen molar-refractivity contribution in [3.8, 4) is 0 Å². The maximum Gasteiger partial charge on any atom is 0.113 e. The second-order valence-corrected chi connectivity index (χ2v) is 6.35. The standard InChI is InChI=1S/C8H11BNOP/c1-12(2,11)8-5-6(9)3-4-7(8)10/h3-5H,10H2,1-2H3. The van der Waals surface area contributed by atoms with Gasteiger partial charge in [-0.2, -0.15) is 0 Å². The lowest BCUT2D eigenvalue weighted by atomic mass is 9.96. The van der Waals surface area contributed by atoms with Crippen molar-refractivity contribution >= 4 is 31.4 Å². The number of rotatable bonds is 1. The maximum absolute atomic E-state index is 11.7. The highest BCUT2D eigenvalue weighted by Gasteiger charge is 2.13. The third-order valence-electron chi connectivity index (χ3n) is 1.63. The van der Waals surface area contributed by atoms with E-state index in [1.54, 1.807) is 31.5 Å². The van der Waals surface area contributed by atoms with Gasteiger partial charge in [-0.05, 0) is 19.4 Å². The Kier molecular flexibility index (Phi) is 2.34. The molecular weight excluding hydrogens is 168 g/mol. The average Bonchev–Trinajstić information content (AvgIpc) is 1.92. The molecule has 0 unspecified atom stereocenters. The second kappa shape index (κ2) is 2.99. The van der Waals surface area contributed by atoms with Crippen molar-refractivity contribution in [2.45, 2.75) is 0 Å². The minimum Gasteiger partial charge on any atom is -0.398 e. The predicted molar refractivity (Wildman–Crippen MR) is 55.3 cm³/mol. The van der Waals surface area contributed by atoms with Gasteiger partial charge in [0.05, 0.1) is 0 Å². The number of benzene rings is 1. The molecular formula is C8H11BNOP. The van der Waals surface area contributed by atoms with Crippen LogP contribution in [0.2, 0.25) is 0 Å². The Bertz CT molecular complexity index is 345. The van der Waals surface area contributed by atoms with Crippen molar-refractivity contribution in [3.63, 3.8) is 0 Å². The summed E-state index contributed by atoms with van der Waals surface area (Å²) in [5, 5.41) is 0.669. The van der Waals surface area contributed by atoms with E-state index in [0.717, 1.165) is 0 Å². The van der Waals surface area contributed by atoms with Gasteiger partial charge < -0.3 is 10.3 Å². The third-order valence-corrected chi connectivity index (χ3v) is 3.18. The zero-order chi connectivity index (χ0) is 9.35. The third kappa shape index (κ3) is 1.92. The molecule has 0 saturated heterocycles. The van der Waals surface area contributed by atoms with Gasteiger partial charge in [0.25, 0.3) is 0 Å². The normalized spacial score (nSPS) is 11.5. The summed E-state index contributed by atoms with van der Waals surface area (Å²) in [5.74, 6) is 0. The summed E-state index contributed by atoms with van der Waals surface area (Å²) >= 11 is 0. The molecule has 0 aliphatic rings. The molecule has 0 saturated carbocycles. The van der Waals surface area contributed by atoms with Gasteiger partial charge in [0.2, 0.25) is 0 Å². The van der Waals surface area contributed by atoms with Crippen LogP contribution in [-0.2, 0) is 4.57 Å². The van der Waals surface area contributed by atoms with Crippen molar-refractivity contribution in [1.29, 1.82) is 0 Å². The molecule has 2 nitrogen and oxygen atoms in total. The van der Waals surface area contributed by atoms with Crippen molar-refractivity contribution in [3.05, 3.63) is 18.2 Å². The van der Waals surface area contributed by atoms with Crippen LogP contribution in [0.1, 0.15) is 0 Å². The zero-order valence-corrected chi connectivity index (χ0v) is 8.14. The van der Waals surface area contributed by atoms with E-state index in [1.165, 1.54) is 0 Å². The van der Waals surface area contributed by atoms with E-state index in [1.807, 2.05) is 0 Å². The van der Waals surface area contributed by atoms with E-state index in [4.69, 9.17) is 13.6 Å². The van der Waals surface area contributed by atoms with E-state index in [9.17, 15) is 4.57 Å². The van der Waals surface area contributed by atoms with Gasteiger partial charge in [-0.3, -0.25) is 0 Å². The minimum absolute atomic E-state index is 0.553. The first-order valence-corrected chi connectivity index (χ1v) is 6.22. The summed E-state index contributed by atoms with van der Waals surface area (Å²) in [5.41, 5.74) is 6.80. The van der Waals surface area contributed by atoms with E-state index in [-0.39, 0.29) is 0 Å². The average molecular weight is 179 g/mol. The molecule has 4 heteroatoms.